The van der Waals surface area contributed by atoms with E-state index in [0.29, 0.717) is 0 Å². The molecule has 0 saturated carbocycles. The standard InChI is InChI=1S/C9H16O/c1-4-6-7-8(3)9(10)5-2/h5,9-10H,2-4,6-7H2,1H3. The van der Waals surface area contributed by atoms with Crippen LogP contribution in [0.5, 0.6) is 0 Å². The maximum absolute atomic E-state index is 9.14. The molecular formula is C9H16O. The van der Waals surface area contributed by atoms with Gasteiger partial charge in [0.2, 0.25) is 0 Å². The van der Waals surface area contributed by atoms with Crippen LogP contribution in [0.15, 0.2) is 24.8 Å². The summed E-state index contributed by atoms with van der Waals surface area (Å²) in [6.45, 7) is 9.34. The second-order valence-electron chi connectivity index (χ2n) is 2.44. The molecule has 1 unspecified atom stereocenters. The Kier molecular flexibility index (Phi) is 4.95. The average molecular weight is 140 g/mol. The summed E-state index contributed by atoms with van der Waals surface area (Å²) in [6, 6.07) is 0. The topological polar surface area (TPSA) is 20.2 Å². The first-order valence-corrected chi connectivity index (χ1v) is 3.70. The van der Waals surface area contributed by atoms with E-state index in [-0.39, 0.29) is 0 Å². The third-order valence-electron chi connectivity index (χ3n) is 1.49. The lowest BCUT2D eigenvalue weighted by molar-refractivity contribution is 0.255. The summed E-state index contributed by atoms with van der Waals surface area (Å²) in [5.74, 6) is 0. The van der Waals surface area contributed by atoms with E-state index in [2.05, 4.69) is 20.1 Å². The molecule has 0 aliphatic heterocycles. The minimum atomic E-state index is -0.508. The van der Waals surface area contributed by atoms with Gasteiger partial charge in [-0.25, -0.2) is 0 Å². The van der Waals surface area contributed by atoms with E-state index in [1.165, 1.54) is 6.08 Å². The highest BCUT2D eigenvalue weighted by Crippen LogP contribution is 2.09. The van der Waals surface area contributed by atoms with Crippen molar-refractivity contribution in [3.8, 4) is 0 Å². The van der Waals surface area contributed by atoms with E-state index in [0.717, 1.165) is 24.8 Å². The van der Waals surface area contributed by atoms with Gasteiger partial charge in [-0.2, -0.15) is 0 Å². The first-order valence-electron chi connectivity index (χ1n) is 3.70. The van der Waals surface area contributed by atoms with Gasteiger partial charge in [-0.15, -0.1) is 6.58 Å². The zero-order valence-electron chi connectivity index (χ0n) is 6.64. The van der Waals surface area contributed by atoms with E-state index in [1.807, 2.05) is 0 Å². The number of unbranched alkanes of at least 4 members (excludes halogenated alkanes) is 1. The highest BCUT2D eigenvalue weighted by atomic mass is 16.3. The number of aliphatic hydroxyl groups excluding tert-OH is 1. The van der Waals surface area contributed by atoms with Gasteiger partial charge in [-0.1, -0.05) is 26.0 Å². The van der Waals surface area contributed by atoms with E-state index in [1.54, 1.807) is 0 Å². The molecule has 0 radical (unpaired) electrons. The molecule has 0 fully saturated rings. The zero-order chi connectivity index (χ0) is 7.98. The monoisotopic (exact) mass is 140 g/mol. The summed E-state index contributed by atoms with van der Waals surface area (Å²) in [6.07, 6.45) is 4.15. The van der Waals surface area contributed by atoms with Crippen molar-refractivity contribution in [1.29, 1.82) is 0 Å². The SMILES string of the molecule is C=CC(O)C(=C)CCCC. The molecule has 0 aliphatic rings. The van der Waals surface area contributed by atoms with Crippen molar-refractivity contribution in [3.63, 3.8) is 0 Å². The molecule has 0 heterocycles. The van der Waals surface area contributed by atoms with Crippen molar-refractivity contribution in [3.05, 3.63) is 24.8 Å². The van der Waals surface area contributed by atoms with Gasteiger partial charge in [-0.05, 0) is 18.4 Å². The summed E-state index contributed by atoms with van der Waals surface area (Å²) >= 11 is 0. The van der Waals surface area contributed by atoms with Gasteiger partial charge in [0.25, 0.3) is 0 Å². The molecule has 0 aromatic heterocycles. The Morgan fingerprint density at radius 3 is 2.70 bits per heavy atom. The number of rotatable bonds is 5. The Balaban J connectivity index is 3.51. The van der Waals surface area contributed by atoms with Gasteiger partial charge in [0.1, 0.15) is 0 Å². The summed E-state index contributed by atoms with van der Waals surface area (Å²) in [7, 11) is 0. The van der Waals surface area contributed by atoms with Crippen LogP contribution < -0.4 is 0 Å². The summed E-state index contributed by atoms with van der Waals surface area (Å²) in [5.41, 5.74) is 0.872. The molecule has 0 aromatic carbocycles. The van der Waals surface area contributed by atoms with Crippen molar-refractivity contribution in [2.24, 2.45) is 0 Å². The summed E-state index contributed by atoms with van der Waals surface area (Å²) in [5, 5.41) is 9.14. The third kappa shape index (κ3) is 3.46. The van der Waals surface area contributed by atoms with Crippen molar-refractivity contribution in [2.45, 2.75) is 32.3 Å². The lowest BCUT2D eigenvalue weighted by Gasteiger charge is -2.07. The van der Waals surface area contributed by atoms with Crippen LogP contribution in [0.3, 0.4) is 0 Å². The lowest BCUT2D eigenvalue weighted by atomic mass is 10.1. The molecule has 0 saturated heterocycles. The fourth-order valence-electron chi connectivity index (χ4n) is 0.718. The molecule has 0 bridgehead atoms. The summed E-state index contributed by atoms with van der Waals surface area (Å²) < 4.78 is 0. The predicted molar refractivity (Wildman–Crippen MR) is 44.9 cm³/mol. The molecule has 0 spiro atoms. The molecule has 10 heavy (non-hydrogen) atoms. The second kappa shape index (κ2) is 5.24. The Morgan fingerprint density at radius 1 is 1.70 bits per heavy atom. The molecule has 1 atom stereocenters. The number of aliphatic hydroxyl groups is 1. The van der Waals surface area contributed by atoms with Crippen LogP contribution in [-0.2, 0) is 0 Å². The Labute approximate surface area is 63.1 Å². The van der Waals surface area contributed by atoms with Gasteiger partial charge in [0.05, 0.1) is 6.10 Å². The van der Waals surface area contributed by atoms with Gasteiger partial charge in [0, 0.05) is 0 Å². The molecule has 1 heteroatoms. The van der Waals surface area contributed by atoms with Crippen LogP contribution in [0.4, 0.5) is 0 Å². The second-order valence-corrected chi connectivity index (χ2v) is 2.44. The van der Waals surface area contributed by atoms with Crippen molar-refractivity contribution in [1.82, 2.24) is 0 Å². The number of hydrogen-bond donors (Lipinski definition) is 1. The van der Waals surface area contributed by atoms with E-state index in [9.17, 15) is 0 Å². The molecule has 0 aromatic rings. The molecule has 0 rings (SSSR count). The van der Waals surface area contributed by atoms with E-state index in [4.69, 9.17) is 5.11 Å². The molecule has 0 aliphatic carbocycles. The first kappa shape index (κ1) is 9.44. The molecule has 0 amide bonds. The lowest BCUT2D eigenvalue weighted by Crippen LogP contribution is -2.04. The highest BCUT2D eigenvalue weighted by molar-refractivity contribution is 5.08. The normalized spacial score (nSPS) is 12.6. The van der Waals surface area contributed by atoms with Crippen LogP contribution in [0.25, 0.3) is 0 Å². The number of hydrogen-bond acceptors (Lipinski definition) is 1. The minimum absolute atomic E-state index is 0.508. The quantitative estimate of drug-likeness (QED) is 0.581. The van der Waals surface area contributed by atoms with Crippen molar-refractivity contribution in [2.75, 3.05) is 0 Å². The van der Waals surface area contributed by atoms with Crippen LogP contribution in [-0.4, -0.2) is 11.2 Å². The van der Waals surface area contributed by atoms with Gasteiger partial charge in [-0.3, -0.25) is 0 Å². The maximum Gasteiger partial charge on any atom is 0.0926 e. The third-order valence-corrected chi connectivity index (χ3v) is 1.49. The predicted octanol–water partition coefficient (Wildman–Crippen LogP) is 2.28. The maximum atomic E-state index is 9.14. The fourth-order valence-corrected chi connectivity index (χ4v) is 0.718. The molecule has 58 valence electrons. The minimum Gasteiger partial charge on any atom is -0.385 e. The zero-order valence-corrected chi connectivity index (χ0v) is 6.64. The van der Waals surface area contributed by atoms with E-state index < -0.39 is 6.10 Å². The van der Waals surface area contributed by atoms with Crippen LogP contribution in [0, 0.1) is 0 Å². The highest BCUT2D eigenvalue weighted by Gasteiger charge is 2.01. The Bertz CT molecular complexity index is 116. The van der Waals surface area contributed by atoms with Gasteiger partial charge < -0.3 is 5.11 Å². The van der Waals surface area contributed by atoms with Crippen LogP contribution in [0.1, 0.15) is 26.2 Å². The molecule has 1 N–H and O–H groups in total. The fraction of sp³-hybridized carbons (Fsp3) is 0.556. The van der Waals surface area contributed by atoms with Crippen molar-refractivity contribution < 1.29 is 5.11 Å². The Hall–Kier alpha value is -0.560. The smallest absolute Gasteiger partial charge is 0.0926 e. The molecule has 1 nitrogen and oxygen atoms in total. The molecular weight excluding hydrogens is 124 g/mol. The van der Waals surface area contributed by atoms with Crippen LogP contribution >= 0.6 is 0 Å². The van der Waals surface area contributed by atoms with E-state index >= 15 is 0 Å². The first-order chi connectivity index (χ1) is 4.72. The van der Waals surface area contributed by atoms with Crippen LogP contribution in [0.2, 0.25) is 0 Å². The largest absolute Gasteiger partial charge is 0.385 e. The average Bonchev–Trinajstić information content (AvgIpc) is 1.98. The summed E-state index contributed by atoms with van der Waals surface area (Å²) in [4.78, 5) is 0. The van der Waals surface area contributed by atoms with Gasteiger partial charge in [0.15, 0.2) is 0 Å². The van der Waals surface area contributed by atoms with Gasteiger partial charge >= 0.3 is 0 Å². The van der Waals surface area contributed by atoms with Crippen molar-refractivity contribution >= 4 is 0 Å². The Morgan fingerprint density at radius 2 is 2.30 bits per heavy atom.